The molecule has 1 atom stereocenters. The maximum Gasteiger partial charge on any atom is 0.142 e. The smallest absolute Gasteiger partial charge is 0.142 e. The van der Waals surface area contributed by atoms with E-state index in [-0.39, 0.29) is 0 Å². The number of aryl methyl sites for hydroxylation is 1. The van der Waals surface area contributed by atoms with Gasteiger partial charge in [0, 0.05) is 12.1 Å². The Morgan fingerprint density at radius 2 is 1.69 bits per heavy atom. The number of hydrogen-bond acceptors (Lipinski definition) is 4. The highest BCUT2D eigenvalue weighted by molar-refractivity contribution is 5.59. The van der Waals surface area contributed by atoms with Crippen molar-refractivity contribution in [3.8, 4) is 11.5 Å². The van der Waals surface area contributed by atoms with Crippen LogP contribution in [0.4, 0.5) is 11.4 Å². The molecule has 0 aliphatic heterocycles. The predicted octanol–water partition coefficient (Wildman–Crippen LogP) is 5.35. The first-order valence-corrected chi connectivity index (χ1v) is 9.45. The Hall–Kier alpha value is -2.36. The van der Waals surface area contributed by atoms with Crippen molar-refractivity contribution >= 4 is 11.4 Å². The zero-order chi connectivity index (χ0) is 18.9. The third kappa shape index (κ3) is 5.87. The van der Waals surface area contributed by atoms with Crippen LogP contribution in [0.15, 0.2) is 42.5 Å². The molecule has 0 aromatic heterocycles. The monoisotopic (exact) mass is 356 g/mol. The molecule has 26 heavy (non-hydrogen) atoms. The SMILES string of the molecule is CCOc1ccccc1NC(C)CCc1ccc(OC)c(NC(C)C)c1. The van der Waals surface area contributed by atoms with Gasteiger partial charge in [0.25, 0.3) is 0 Å². The van der Waals surface area contributed by atoms with Crippen molar-refractivity contribution in [1.82, 2.24) is 0 Å². The molecule has 2 N–H and O–H groups in total. The molecule has 2 rings (SSSR count). The van der Waals surface area contributed by atoms with Crippen molar-refractivity contribution in [2.45, 2.75) is 52.6 Å². The minimum absolute atomic E-state index is 0.347. The quantitative estimate of drug-likeness (QED) is 0.602. The molecule has 0 heterocycles. The van der Waals surface area contributed by atoms with Gasteiger partial charge in [0.1, 0.15) is 11.5 Å². The summed E-state index contributed by atoms with van der Waals surface area (Å²) in [4.78, 5) is 0. The molecular formula is C22H32N2O2. The number of methoxy groups -OCH3 is 1. The zero-order valence-electron chi connectivity index (χ0n) is 16.6. The van der Waals surface area contributed by atoms with E-state index in [0.29, 0.717) is 18.7 Å². The van der Waals surface area contributed by atoms with Crippen LogP contribution in [-0.2, 0) is 6.42 Å². The molecule has 0 saturated heterocycles. The van der Waals surface area contributed by atoms with Crippen molar-refractivity contribution in [3.63, 3.8) is 0 Å². The van der Waals surface area contributed by atoms with Crippen LogP contribution in [0.25, 0.3) is 0 Å². The molecule has 0 spiro atoms. The van der Waals surface area contributed by atoms with E-state index in [2.05, 4.69) is 49.6 Å². The van der Waals surface area contributed by atoms with Crippen molar-refractivity contribution in [2.24, 2.45) is 0 Å². The van der Waals surface area contributed by atoms with Gasteiger partial charge in [-0.3, -0.25) is 0 Å². The fourth-order valence-corrected chi connectivity index (χ4v) is 2.92. The first-order valence-electron chi connectivity index (χ1n) is 9.45. The van der Waals surface area contributed by atoms with Gasteiger partial charge in [-0.2, -0.15) is 0 Å². The zero-order valence-corrected chi connectivity index (χ0v) is 16.6. The first-order chi connectivity index (χ1) is 12.5. The third-order valence-electron chi connectivity index (χ3n) is 4.16. The number of benzene rings is 2. The molecular weight excluding hydrogens is 324 g/mol. The standard InChI is InChI=1S/C22H32N2O2/c1-6-26-22-10-8-7-9-19(22)24-17(4)11-12-18-13-14-21(25-5)20(15-18)23-16(2)3/h7-10,13-17,23-24H,6,11-12H2,1-5H3. The first kappa shape index (κ1) is 20.0. The van der Waals surface area contributed by atoms with E-state index >= 15 is 0 Å². The van der Waals surface area contributed by atoms with Crippen molar-refractivity contribution in [3.05, 3.63) is 48.0 Å². The molecule has 0 bridgehead atoms. The molecule has 0 fully saturated rings. The Kier molecular flexibility index (Phi) is 7.64. The topological polar surface area (TPSA) is 42.5 Å². The van der Waals surface area contributed by atoms with E-state index in [9.17, 15) is 0 Å². The summed E-state index contributed by atoms with van der Waals surface area (Å²) in [5.41, 5.74) is 3.42. The number of hydrogen-bond donors (Lipinski definition) is 2. The molecule has 0 amide bonds. The molecule has 0 aliphatic carbocycles. The Balaban J connectivity index is 1.98. The van der Waals surface area contributed by atoms with Crippen molar-refractivity contribution < 1.29 is 9.47 Å². The number of anilines is 2. The lowest BCUT2D eigenvalue weighted by atomic mass is 10.0. The highest BCUT2D eigenvalue weighted by Crippen LogP contribution is 2.28. The predicted molar refractivity (Wildman–Crippen MR) is 111 cm³/mol. The van der Waals surface area contributed by atoms with E-state index in [1.54, 1.807) is 7.11 Å². The van der Waals surface area contributed by atoms with Gasteiger partial charge in [-0.15, -0.1) is 0 Å². The van der Waals surface area contributed by atoms with Gasteiger partial charge in [-0.25, -0.2) is 0 Å². The number of nitrogens with one attached hydrogen (secondary N) is 2. The van der Waals surface area contributed by atoms with Gasteiger partial charge in [0.15, 0.2) is 0 Å². The molecule has 2 aromatic carbocycles. The second-order valence-electron chi connectivity index (χ2n) is 6.85. The van der Waals surface area contributed by atoms with Gasteiger partial charge >= 0.3 is 0 Å². The van der Waals surface area contributed by atoms with E-state index < -0.39 is 0 Å². The summed E-state index contributed by atoms with van der Waals surface area (Å²) < 4.78 is 11.1. The third-order valence-corrected chi connectivity index (χ3v) is 4.16. The molecule has 0 aliphatic rings. The average molecular weight is 357 g/mol. The Labute approximate surface area is 157 Å². The van der Waals surface area contributed by atoms with Crippen LogP contribution in [0, 0.1) is 0 Å². The lowest BCUT2D eigenvalue weighted by molar-refractivity contribution is 0.341. The van der Waals surface area contributed by atoms with Crippen LogP contribution in [-0.4, -0.2) is 25.8 Å². The Bertz CT molecular complexity index is 686. The second-order valence-corrected chi connectivity index (χ2v) is 6.85. The van der Waals surface area contributed by atoms with Crippen LogP contribution in [0.3, 0.4) is 0 Å². The Morgan fingerprint density at radius 1 is 0.923 bits per heavy atom. The van der Waals surface area contributed by atoms with Crippen molar-refractivity contribution in [2.75, 3.05) is 24.4 Å². The fraction of sp³-hybridized carbons (Fsp3) is 0.455. The van der Waals surface area contributed by atoms with E-state index in [0.717, 1.165) is 35.7 Å². The van der Waals surface area contributed by atoms with Crippen LogP contribution in [0.5, 0.6) is 11.5 Å². The van der Waals surface area contributed by atoms with E-state index in [1.165, 1.54) is 5.56 Å². The highest BCUT2D eigenvalue weighted by atomic mass is 16.5. The molecule has 0 saturated carbocycles. The molecule has 142 valence electrons. The maximum absolute atomic E-state index is 5.69. The minimum Gasteiger partial charge on any atom is -0.495 e. The van der Waals surface area contributed by atoms with Gasteiger partial charge < -0.3 is 20.1 Å². The molecule has 0 radical (unpaired) electrons. The fourth-order valence-electron chi connectivity index (χ4n) is 2.92. The summed E-state index contributed by atoms with van der Waals surface area (Å²) in [6, 6.07) is 15.2. The summed E-state index contributed by atoms with van der Waals surface area (Å²) in [5.74, 6) is 1.80. The molecule has 1 unspecified atom stereocenters. The molecule has 2 aromatic rings. The lowest BCUT2D eigenvalue weighted by Crippen LogP contribution is -2.17. The van der Waals surface area contributed by atoms with Crippen LogP contribution >= 0.6 is 0 Å². The number of rotatable bonds is 10. The van der Waals surface area contributed by atoms with Gasteiger partial charge in [0.2, 0.25) is 0 Å². The largest absolute Gasteiger partial charge is 0.495 e. The maximum atomic E-state index is 5.69. The van der Waals surface area contributed by atoms with Gasteiger partial charge in [0.05, 0.1) is 25.1 Å². The molecule has 4 nitrogen and oxygen atoms in total. The summed E-state index contributed by atoms with van der Waals surface area (Å²) in [5, 5.41) is 7.03. The van der Waals surface area contributed by atoms with Crippen LogP contribution in [0.2, 0.25) is 0 Å². The number of para-hydroxylation sites is 2. The van der Waals surface area contributed by atoms with E-state index in [1.807, 2.05) is 31.2 Å². The summed E-state index contributed by atoms with van der Waals surface area (Å²) >= 11 is 0. The summed E-state index contributed by atoms with van der Waals surface area (Å²) in [6.07, 6.45) is 2.04. The van der Waals surface area contributed by atoms with E-state index in [4.69, 9.17) is 9.47 Å². The molecule has 4 heteroatoms. The summed E-state index contributed by atoms with van der Waals surface area (Å²) in [6.45, 7) is 9.15. The lowest BCUT2D eigenvalue weighted by Gasteiger charge is -2.19. The Morgan fingerprint density at radius 3 is 2.38 bits per heavy atom. The van der Waals surface area contributed by atoms with Gasteiger partial charge in [-0.1, -0.05) is 18.2 Å². The highest BCUT2D eigenvalue weighted by Gasteiger charge is 2.09. The van der Waals surface area contributed by atoms with Crippen LogP contribution < -0.4 is 20.1 Å². The van der Waals surface area contributed by atoms with Crippen LogP contribution in [0.1, 0.15) is 39.7 Å². The minimum atomic E-state index is 0.347. The second kappa shape index (κ2) is 9.95. The summed E-state index contributed by atoms with van der Waals surface area (Å²) in [7, 11) is 1.71. The van der Waals surface area contributed by atoms with Crippen molar-refractivity contribution in [1.29, 1.82) is 0 Å². The number of ether oxygens (including phenoxy) is 2. The van der Waals surface area contributed by atoms with Gasteiger partial charge in [-0.05, 0) is 70.4 Å². The normalized spacial score (nSPS) is 11.9. The average Bonchev–Trinajstić information content (AvgIpc) is 2.61.